The summed E-state index contributed by atoms with van der Waals surface area (Å²) in [7, 11) is 0. The van der Waals surface area contributed by atoms with E-state index in [1.807, 2.05) is 0 Å². The molecule has 0 aliphatic heterocycles. The second kappa shape index (κ2) is 6.00. The molecular weight excluding hydrogens is 329 g/mol. The quantitative estimate of drug-likeness (QED) is 0.459. The molecule has 0 unspecified atom stereocenters. The van der Waals surface area contributed by atoms with Crippen molar-refractivity contribution in [3.05, 3.63) is 63.5 Å². The molecule has 0 saturated heterocycles. The summed E-state index contributed by atoms with van der Waals surface area (Å²) >= 11 is 3.24. The SMILES string of the molecule is Cc1cc(Oc2ccc(CBr)cc2F)ccc1[N+](=O)[O-]. The highest BCUT2D eigenvalue weighted by atomic mass is 79.9. The van der Waals surface area contributed by atoms with Crippen LogP contribution in [0.5, 0.6) is 11.5 Å². The summed E-state index contributed by atoms with van der Waals surface area (Å²) in [5, 5.41) is 11.3. The van der Waals surface area contributed by atoms with Crippen LogP contribution in [0.4, 0.5) is 10.1 Å². The zero-order valence-electron chi connectivity index (χ0n) is 10.6. The van der Waals surface area contributed by atoms with Crippen molar-refractivity contribution in [2.75, 3.05) is 0 Å². The molecule has 0 aliphatic rings. The third-order valence-corrected chi connectivity index (χ3v) is 3.39. The summed E-state index contributed by atoms with van der Waals surface area (Å²) in [6.07, 6.45) is 0. The number of nitro groups is 1. The standard InChI is InChI=1S/C14H11BrFNO3/c1-9-6-11(3-4-13(9)17(18)19)20-14-5-2-10(8-15)7-12(14)16/h2-7H,8H2,1H3. The molecule has 0 heterocycles. The third-order valence-electron chi connectivity index (χ3n) is 2.74. The topological polar surface area (TPSA) is 52.4 Å². The van der Waals surface area contributed by atoms with Crippen LogP contribution >= 0.6 is 15.9 Å². The normalized spacial score (nSPS) is 10.3. The molecular formula is C14H11BrFNO3. The van der Waals surface area contributed by atoms with Crippen molar-refractivity contribution in [3.8, 4) is 11.5 Å². The zero-order valence-corrected chi connectivity index (χ0v) is 12.2. The fraction of sp³-hybridized carbons (Fsp3) is 0.143. The van der Waals surface area contributed by atoms with Crippen LogP contribution < -0.4 is 4.74 Å². The second-order valence-corrected chi connectivity index (χ2v) is 4.77. The summed E-state index contributed by atoms with van der Waals surface area (Å²) in [4.78, 5) is 10.2. The molecule has 6 heteroatoms. The molecule has 0 aromatic heterocycles. The minimum atomic E-state index is -0.474. The van der Waals surface area contributed by atoms with Crippen molar-refractivity contribution < 1.29 is 14.1 Å². The van der Waals surface area contributed by atoms with Gasteiger partial charge in [-0.2, -0.15) is 0 Å². The molecule has 4 nitrogen and oxygen atoms in total. The van der Waals surface area contributed by atoms with E-state index >= 15 is 0 Å². The number of nitrogens with zero attached hydrogens (tertiary/aromatic N) is 1. The van der Waals surface area contributed by atoms with Gasteiger partial charge in [0, 0.05) is 17.0 Å². The molecule has 2 rings (SSSR count). The zero-order chi connectivity index (χ0) is 14.7. The van der Waals surface area contributed by atoms with Crippen molar-refractivity contribution in [1.82, 2.24) is 0 Å². The van der Waals surface area contributed by atoms with Crippen LogP contribution in [0, 0.1) is 22.9 Å². The Morgan fingerprint density at radius 2 is 2.05 bits per heavy atom. The summed E-state index contributed by atoms with van der Waals surface area (Å²) in [6, 6.07) is 8.95. The lowest BCUT2D eigenvalue weighted by atomic mass is 10.2. The van der Waals surface area contributed by atoms with E-state index in [2.05, 4.69) is 15.9 Å². The molecule has 0 N–H and O–H groups in total. The van der Waals surface area contributed by atoms with Gasteiger partial charge in [0.05, 0.1) is 4.92 Å². The number of alkyl halides is 1. The molecule has 0 saturated carbocycles. The molecule has 0 bridgehead atoms. The van der Waals surface area contributed by atoms with Gasteiger partial charge in [-0.15, -0.1) is 0 Å². The van der Waals surface area contributed by atoms with Crippen LogP contribution in [0.25, 0.3) is 0 Å². The van der Waals surface area contributed by atoms with Gasteiger partial charge in [0.15, 0.2) is 11.6 Å². The highest BCUT2D eigenvalue weighted by Gasteiger charge is 2.12. The van der Waals surface area contributed by atoms with Crippen LogP contribution in [0.3, 0.4) is 0 Å². The van der Waals surface area contributed by atoms with Gasteiger partial charge >= 0.3 is 0 Å². The average molecular weight is 340 g/mol. The van der Waals surface area contributed by atoms with E-state index in [0.29, 0.717) is 16.6 Å². The lowest BCUT2D eigenvalue weighted by Crippen LogP contribution is -1.94. The van der Waals surface area contributed by atoms with Gasteiger partial charge in [0.2, 0.25) is 0 Å². The summed E-state index contributed by atoms with van der Waals surface area (Å²) in [5.74, 6) is -0.0282. The predicted octanol–water partition coefficient (Wildman–Crippen LogP) is 4.73. The Balaban J connectivity index is 2.26. The van der Waals surface area contributed by atoms with E-state index in [0.717, 1.165) is 5.56 Å². The highest BCUT2D eigenvalue weighted by molar-refractivity contribution is 9.08. The maximum Gasteiger partial charge on any atom is 0.272 e. The van der Waals surface area contributed by atoms with Crippen molar-refractivity contribution >= 4 is 21.6 Å². The molecule has 0 atom stereocenters. The average Bonchev–Trinajstić information content (AvgIpc) is 2.40. The molecule has 0 radical (unpaired) electrons. The number of rotatable bonds is 4. The number of hydrogen-bond donors (Lipinski definition) is 0. The van der Waals surface area contributed by atoms with Gasteiger partial charge in [-0.1, -0.05) is 22.0 Å². The van der Waals surface area contributed by atoms with Crippen molar-refractivity contribution in [1.29, 1.82) is 0 Å². The summed E-state index contributed by atoms with van der Waals surface area (Å²) in [5.41, 5.74) is 1.27. The Labute approximate surface area is 123 Å². The summed E-state index contributed by atoms with van der Waals surface area (Å²) in [6.45, 7) is 1.61. The van der Waals surface area contributed by atoms with Gasteiger partial charge in [-0.3, -0.25) is 10.1 Å². The van der Waals surface area contributed by atoms with Gasteiger partial charge in [-0.25, -0.2) is 4.39 Å². The van der Waals surface area contributed by atoms with Crippen LogP contribution in [0.2, 0.25) is 0 Å². The van der Waals surface area contributed by atoms with Gasteiger partial charge in [0.25, 0.3) is 5.69 Å². The van der Waals surface area contributed by atoms with Crippen molar-refractivity contribution in [2.24, 2.45) is 0 Å². The monoisotopic (exact) mass is 339 g/mol. The summed E-state index contributed by atoms with van der Waals surface area (Å²) < 4.78 is 19.2. The maximum atomic E-state index is 13.8. The van der Waals surface area contributed by atoms with Crippen molar-refractivity contribution in [3.63, 3.8) is 0 Å². The van der Waals surface area contributed by atoms with Gasteiger partial charge < -0.3 is 4.74 Å². The van der Waals surface area contributed by atoms with Crippen LogP contribution in [0.1, 0.15) is 11.1 Å². The number of nitro benzene ring substituents is 1. The lowest BCUT2D eigenvalue weighted by molar-refractivity contribution is -0.385. The number of halogens is 2. The van der Waals surface area contributed by atoms with E-state index in [1.165, 1.54) is 30.3 Å². The Hall–Kier alpha value is -1.95. The minimum Gasteiger partial charge on any atom is -0.454 e. The Morgan fingerprint density at radius 3 is 2.60 bits per heavy atom. The third kappa shape index (κ3) is 3.14. The molecule has 2 aromatic rings. The Kier molecular flexibility index (Phi) is 4.34. The molecule has 0 spiro atoms. The number of aryl methyl sites for hydroxylation is 1. The Bertz CT molecular complexity index is 661. The van der Waals surface area contributed by atoms with E-state index < -0.39 is 10.7 Å². The number of ether oxygens (including phenoxy) is 1. The molecule has 2 aromatic carbocycles. The first-order valence-electron chi connectivity index (χ1n) is 5.78. The fourth-order valence-corrected chi connectivity index (χ4v) is 2.08. The first kappa shape index (κ1) is 14.5. The van der Waals surface area contributed by atoms with Gasteiger partial charge in [0.1, 0.15) is 5.75 Å². The largest absolute Gasteiger partial charge is 0.454 e. The maximum absolute atomic E-state index is 13.8. The van der Waals surface area contributed by atoms with Gasteiger partial charge in [-0.05, 0) is 36.8 Å². The van der Waals surface area contributed by atoms with Crippen molar-refractivity contribution in [2.45, 2.75) is 12.3 Å². The molecule has 0 aliphatic carbocycles. The molecule has 104 valence electrons. The van der Waals surface area contributed by atoms with Crippen LogP contribution in [-0.2, 0) is 5.33 Å². The first-order chi connectivity index (χ1) is 9.51. The lowest BCUT2D eigenvalue weighted by Gasteiger charge is -2.08. The minimum absolute atomic E-state index is 0.00691. The smallest absolute Gasteiger partial charge is 0.272 e. The first-order valence-corrected chi connectivity index (χ1v) is 6.90. The van der Waals surface area contributed by atoms with E-state index in [1.54, 1.807) is 13.0 Å². The molecule has 0 amide bonds. The number of benzene rings is 2. The second-order valence-electron chi connectivity index (χ2n) is 4.21. The molecule has 0 fully saturated rings. The van der Waals surface area contributed by atoms with E-state index in [9.17, 15) is 14.5 Å². The fourth-order valence-electron chi connectivity index (χ4n) is 1.73. The number of hydrogen-bond acceptors (Lipinski definition) is 3. The Morgan fingerprint density at radius 1 is 1.30 bits per heavy atom. The highest BCUT2D eigenvalue weighted by Crippen LogP contribution is 2.29. The molecule has 20 heavy (non-hydrogen) atoms. The van der Waals surface area contributed by atoms with E-state index in [-0.39, 0.29) is 11.4 Å². The van der Waals surface area contributed by atoms with Crippen LogP contribution in [-0.4, -0.2) is 4.92 Å². The van der Waals surface area contributed by atoms with Crippen LogP contribution in [0.15, 0.2) is 36.4 Å². The predicted molar refractivity (Wildman–Crippen MR) is 76.9 cm³/mol. The van der Waals surface area contributed by atoms with E-state index in [4.69, 9.17) is 4.74 Å².